The molecule has 4 aromatic heterocycles. The van der Waals surface area contributed by atoms with Crippen LogP contribution >= 0.6 is 11.3 Å². The highest BCUT2D eigenvalue weighted by atomic mass is 32.1. The zero-order valence-electron chi connectivity index (χ0n) is 16.8. The van der Waals surface area contributed by atoms with Crippen LogP contribution in [-0.2, 0) is 6.54 Å². The minimum absolute atomic E-state index is 0.169. The normalized spacial score (nSPS) is 17.8. The van der Waals surface area contributed by atoms with Gasteiger partial charge in [0.05, 0.1) is 5.69 Å². The summed E-state index contributed by atoms with van der Waals surface area (Å²) in [5, 5.41) is 15.5. The summed E-state index contributed by atoms with van der Waals surface area (Å²) in [5.74, 6) is 0.507. The van der Waals surface area contributed by atoms with Gasteiger partial charge in [0.15, 0.2) is 5.13 Å². The zero-order valence-corrected chi connectivity index (χ0v) is 17.6. The predicted molar refractivity (Wildman–Crippen MR) is 116 cm³/mol. The third-order valence-corrected chi connectivity index (χ3v) is 6.53. The Morgan fingerprint density at radius 1 is 1.16 bits per heavy atom. The molecule has 4 aromatic rings. The van der Waals surface area contributed by atoms with Crippen LogP contribution in [0.2, 0.25) is 0 Å². The molecule has 1 amide bonds. The summed E-state index contributed by atoms with van der Waals surface area (Å²) in [4.78, 5) is 21.5. The molecule has 4 heterocycles. The molecule has 0 saturated heterocycles. The Hall–Kier alpha value is -3.52. The quantitative estimate of drug-likeness (QED) is 0.358. The van der Waals surface area contributed by atoms with E-state index in [1.807, 2.05) is 58.6 Å². The van der Waals surface area contributed by atoms with Crippen LogP contribution in [0, 0.1) is 0 Å². The topological polar surface area (TPSA) is 83.9 Å². The molecule has 1 aliphatic carbocycles. The minimum atomic E-state index is -0.169. The lowest BCUT2D eigenvalue weighted by Crippen LogP contribution is -2.39. The van der Waals surface area contributed by atoms with Crippen molar-refractivity contribution < 1.29 is 14.7 Å². The van der Waals surface area contributed by atoms with Gasteiger partial charge in [-0.2, -0.15) is 0 Å². The van der Waals surface area contributed by atoms with Crippen LogP contribution in [0.15, 0.2) is 72.6 Å². The van der Waals surface area contributed by atoms with Gasteiger partial charge in [-0.3, -0.25) is 20.3 Å². The summed E-state index contributed by atoms with van der Waals surface area (Å²) in [6.07, 6.45) is 8.93. The average molecular weight is 433 g/mol. The van der Waals surface area contributed by atoms with Crippen molar-refractivity contribution in [2.45, 2.75) is 31.2 Å². The fraction of sp³-hybridized carbons (Fsp3) is 0.217. The van der Waals surface area contributed by atoms with Crippen molar-refractivity contribution in [3.8, 4) is 0 Å². The maximum absolute atomic E-state index is 12.8. The molecule has 0 spiro atoms. The summed E-state index contributed by atoms with van der Waals surface area (Å²) in [6, 6.07) is 13.3. The number of hydrogen-bond donors (Lipinski definition) is 2. The van der Waals surface area contributed by atoms with Crippen LogP contribution in [0.4, 0.5) is 5.13 Å². The first-order chi connectivity index (χ1) is 15.2. The fourth-order valence-corrected chi connectivity index (χ4v) is 4.79. The Morgan fingerprint density at radius 2 is 2.00 bits per heavy atom. The van der Waals surface area contributed by atoms with Gasteiger partial charge in [-0.15, -0.1) is 11.3 Å². The molecular formula is C23H22N5O2S+. The van der Waals surface area contributed by atoms with E-state index in [0.717, 1.165) is 29.8 Å². The molecule has 5 rings (SSSR count). The molecule has 1 aliphatic rings. The number of aromatic nitrogens is 4. The molecule has 2 N–H and O–H groups in total. The maximum atomic E-state index is 12.8. The number of hydrogen-bond acceptors (Lipinski definition) is 5. The predicted octanol–water partition coefficient (Wildman–Crippen LogP) is 3.83. The molecule has 1 saturated carbocycles. The van der Waals surface area contributed by atoms with Crippen molar-refractivity contribution in [2.24, 2.45) is 0 Å². The van der Waals surface area contributed by atoms with Gasteiger partial charge in [-0.05, 0) is 48.7 Å². The first-order valence-electron chi connectivity index (χ1n) is 10.2. The van der Waals surface area contributed by atoms with Gasteiger partial charge in [0, 0.05) is 59.2 Å². The monoisotopic (exact) mass is 432 g/mol. The number of thiazole rings is 1. The van der Waals surface area contributed by atoms with Crippen LogP contribution in [0.3, 0.4) is 0 Å². The van der Waals surface area contributed by atoms with E-state index in [0.29, 0.717) is 29.2 Å². The average Bonchev–Trinajstić information content (AvgIpc) is 3.39. The van der Waals surface area contributed by atoms with Crippen molar-refractivity contribution in [1.29, 1.82) is 0 Å². The lowest BCUT2D eigenvalue weighted by molar-refractivity contribution is -0.910. The Morgan fingerprint density at radius 3 is 2.81 bits per heavy atom. The number of carbonyl (C=O) groups excluding carboxylic acids is 1. The van der Waals surface area contributed by atoms with E-state index >= 15 is 0 Å². The summed E-state index contributed by atoms with van der Waals surface area (Å²) in [7, 11) is 0. The van der Waals surface area contributed by atoms with Gasteiger partial charge in [-0.25, -0.2) is 4.98 Å². The zero-order chi connectivity index (χ0) is 21.2. The molecule has 8 heteroatoms. The van der Waals surface area contributed by atoms with Crippen LogP contribution in [0.25, 0.3) is 0 Å². The van der Waals surface area contributed by atoms with Crippen LogP contribution in [0.5, 0.6) is 0 Å². The van der Waals surface area contributed by atoms with Gasteiger partial charge in [-0.1, -0.05) is 0 Å². The van der Waals surface area contributed by atoms with Crippen molar-refractivity contribution in [2.75, 3.05) is 5.32 Å². The second-order valence-corrected chi connectivity index (χ2v) is 8.60. The number of nitrogens with one attached hydrogen (secondary N) is 1. The first-order valence-corrected chi connectivity index (χ1v) is 11.1. The Kier molecular flexibility index (Phi) is 5.21. The van der Waals surface area contributed by atoms with Gasteiger partial charge in [0.25, 0.3) is 5.91 Å². The molecule has 0 bridgehead atoms. The number of carbonyl (C=O) groups is 1. The third kappa shape index (κ3) is 4.06. The number of rotatable bonds is 6. The largest absolute Gasteiger partial charge is 0.339 e. The fourth-order valence-electron chi connectivity index (χ4n) is 4.01. The Balaban J connectivity index is 1.22. The molecule has 7 nitrogen and oxygen atoms in total. The summed E-state index contributed by atoms with van der Waals surface area (Å²) in [6.45, 7) is 0.606. The first kappa shape index (κ1) is 19.4. The number of nitrogens with zero attached hydrogens (tertiary/aromatic N) is 4. The molecular weight excluding hydrogens is 410 g/mol. The summed E-state index contributed by atoms with van der Waals surface area (Å²) >= 11 is 1.45. The highest BCUT2D eigenvalue weighted by molar-refractivity contribution is 7.14. The lowest BCUT2D eigenvalue weighted by atomic mass is 9.72. The van der Waals surface area contributed by atoms with E-state index in [4.69, 9.17) is 0 Å². The molecule has 0 aromatic carbocycles. The Bertz CT molecular complexity index is 1200. The molecule has 156 valence electrons. The molecule has 0 unspecified atom stereocenters. The molecule has 1 fully saturated rings. The van der Waals surface area contributed by atoms with E-state index in [1.165, 1.54) is 16.1 Å². The van der Waals surface area contributed by atoms with Gasteiger partial charge in [0.2, 0.25) is 11.9 Å². The summed E-state index contributed by atoms with van der Waals surface area (Å²) in [5.41, 5.74) is 3.61. The van der Waals surface area contributed by atoms with E-state index < -0.39 is 0 Å². The van der Waals surface area contributed by atoms with E-state index in [2.05, 4.69) is 15.3 Å². The van der Waals surface area contributed by atoms with Crippen LogP contribution in [-0.4, -0.2) is 25.6 Å². The lowest BCUT2D eigenvalue weighted by Gasteiger charge is -2.31. The Labute approximate surface area is 183 Å². The number of anilines is 1. The third-order valence-electron chi connectivity index (χ3n) is 5.75. The smallest absolute Gasteiger partial charge is 0.274 e. The summed E-state index contributed by atoms with van der Waals surface area (Å²) < 4.78 is 3.12. The molecule has 0 atom stereocenters. The SMILES string of the molecule is O=C(Nc1nc(C2CC(c3cccc[n+]3O)C2)cs1)c1cccn1Cc1ccncc1. The second kappa shape index (κ2) is 8.31. The standard InChI is InChI=1S/C23H21N5O2S/c29-22(21-5-3-10-27(21)14-16-6-8-24-9-7-16)26-23-25-19(15-31-23)17-12-18(13-17)20-4-1-2-11-28(20)30/h1-11,15,17-18H,12-14H2,(H-,25,26,29,30)/p+1. The van der Waals surface area contributed by atoms with Gasteiger partial charge < -0.3 is 4.57 Å². The minimum Gasteiger partial charge on any atom is -0.339 e. The number of amides is 1. The van der Waals surface area contributed by atoms with Crippen molar-refractivity contribution in [3.63, 3.8) is 0 Å². The number of pyridine rings is 2. The second-order valence-electron chi connectivity index (χ2n) is 7.74. The van der Waals surface area contributed by atoms with Crippen molar-refractivity contribution in [1.82, 2.24) is 14.5 Å². The molecule has 0 radical (unpaired) electrons. The highest BCUT2D eigenvalue weighted by Gasteiger charge is 2.38. The van der Waals surface area contributed by atoms with E-state index in [1.54, 1.807) is 18.6 Å². The van der Waals surface area contributed by atoms with Crippen LogP contribution in [0.1, 0.15) is 52.1 Å². The van der Waals surface area contributed by atoms with E-state index in [-0.39, 0.29) is 5.91 Å². The van der Waals surface area contributed by atoms with Crippen LogP contribution < -0.4 is 10.0 Å². The van der Waals surface area contributed by atoms with Gasteiger partial charge >= 0.3 is 0 Å². The van der Waals surface area contributed by atoms with Gasteiger partial charge in [0.1, 0.15) is 5.69 Å². The molecule has 0 aliphatic heterocycles. The van der Waals surface area contributed by atoms with Crippen molar-refractivity contribution in [3.05, 3.63) is 95.3 Å². The van der Waals surface area contributed by atoms with E-state index in [9.17, 15) is 10.0 Å². The van der Waals surface area contributed by atoms with Crippen molar-refractivity contribution >= 4 is 22.4 Å². The maximum Gasteiger partial charge on any atom is 0.274 e. The highest BCUT2D eigenvalue weighted by Crippen LogP contribution is 2.46. The molecule has 31 heavy (non-hydrogen) atoms.